The molecule has 2 atom stereocenters. The summed E-state index contributed by atoms with van der Waals surface area (Å²) in [5, 5.41) is 7.21. The number of benzene rings is 2. The van der Waals surface area contributed by atoms with Gasteiger partial charge in [-0.3, -0.25) is 4.79 Å². The molecular formula is C20H20N4O. The van der Waals surface area contributed by atoms with Crippen LogP contribution < -0.4 is 5.32 Å². The van der Waals surface area contributed by atoms with E-state index < -0.39 is 0 Å². The minimum Gasteiger partial charge on any atom is -0.352 e. The number of hydrogen-bond acceptors (Lipinski definition) is 3. The number of carbonyl (C=O) groups is 1. The topological polar surface area (TPSA) is 59.8 Å². The summed E-state index contributed by atoms with van der Waals surface area (Å²) in [5.41, 5.74) is 3.02. The van der Waals surface area contributed by atoms with Crippen LogP contribution in [0.5, 0.6) is 0 Å². The quantitative estimate of drug-likeness (QED) is 0.755. The molecule has 0 aliphatic heterocycles. The van der Waals surface area contributed by atoms with Crippen molar-refractivity contribution in [3.8, 4) is 0 Å². The molecule has 0 saturated heterocycles. The lowest BCUT2D eigenvalue weighted by Crippen LogP contribution is -2.27. The van der Waals surface area contributed by atoms with Crippen molar-refractivity contribution in [3.63, 3.8) is 0 Å². The fourth-order valence-electron chi connectivity index (χ4n) is 3.27. The summed E-state index contributed by atoms with van der Waals surface area (Å²) in [6.07, 6.45) is 4.30. The largest absolute Gasteiger partial charge is 0.352 e. The van der Waals surface area contributed by atoms with Crippen molar-refractivity contribution in [1.82, 2.24) is 20.1 Å². The standard InChI is InChI=1S/C20H20N4O/c25-20(22-11-17-10-19(17)15-6-2-1-3-7-15)18-9-5-4-8-16(18)12-24-14-21-13-23-24/h1-9,13-14,17,19H,10-12H2,(H,22,25)/t17-,19-/m1/s1. The molecule has 5 nitrogen and oxygen atoms in total. The maximum Gasteiger partial charge on any atom is 0.251 e. The van der Waals surface area contributed by atoms with E-state index in [1.807, 2.05) is 30.3 Å². The lowest BCUT2D eigenvalue weighted by molar-refractivity contribution is 0.0950. The first-order valence-corrected chi connectivity index (χ1v) is 8.55. The third-order valence-corrected chi connectivity index (χ3v) is 4.74. The van der Waals surface area contributed by atoms with Crippen molar-refractivity contribution in [3.05, 3.63) is 83.9 Å². The molecule has 1 aliphatic carbocycles. The molecule has 4 rings (SSSR count). The minimum absolute atomic E-state index is 0.0190. The van der Waals surface area contributed by atoms with Crippen molar-refractivity contribution in [2.75, 3.05) is 6.54 Å². The van der Waals surface area contributed by atoms with Crippen LogP contribution in [0.1, 0.15) is 33.8 Å². The Balaban J connectivity index is 1.37. The van der Waals surface area contributed by atoms with Crippen LogP contribution in [0.25, 0.3) is 0 Å². The molecule has 1 aromatic heterocycles. The lowest BCUT2D eigenvalue weighted by Gasteiger charge is -2.10. The molecule has 1 saturated carbocycles. The van der Waals surface area contributed by atoms with Crippen LogP contribution in [0.15, 0.2) is 67.3 Å². The zero-order valence-corrected chi connectivity index (χ0v) is 13.9. The average Bonchev–Trinajstić information content (AvgIpc) is 3.26. The van der Waals surface area contributed by atoms with Crippen LogP contribution >= 0.6 is 0 Å². The highest BCUT2D eigenvalue weighted by atomic mass is 16.1. The van der Waals surface area contributed by atoms with Crippen molar-refractivity contribution in [2.24, 2.45) is 5.92 Å². The first kappa shape index (κ1) is 15.6. The van der Waals surface area contributed by atoms with E-state index in [0.29, 0.717) is 23.9 Å². The Labute approximate surface area is 146 Å². The van der Waals surface area contributed by atoms with Gasteiger partial charge in [0, 0.05) is 12.1 Å². The zero-order valence-electron chi connectivity index (χ0n) is 13.9. The van der Waals surface area contributed by atoms with Crippen LogP contribution in [-0.4, -0.2) is 27.2 Å². The SMILES string of the molecule is O=C(NC[C@H]1C[C@@H]1c1ccccc1)c1ccccc1Cn1cncn1. The Kier molecular flexibility index (Phi) is 4.29. The van der Waals surface area contributed by atoms with Crippen molar-refractivity contribution >= 4 is 5.91 Å². The van der Waals surface area contributed by atoms with E-state index in [2.05, 4.69) is 39.7 Å². The first-order valence-electron chi connectivity index (χ1n) is 8.55. The summed E-state index contributed by atoms with van der Waals surface area (Å²) in [6.45, 7) is 1.26. The van der Waals surface area contributed by atoms with Gasteiger partial charge in [-0.2, -0.15) is 5.10 Å². The Bertz CT molecular complexity index is 845. The summed E-state index contributed by atoms with van der Waals surface area (Å²) < 4.78 is 1.72. The molecule has 1 N–H and O–H groups in total. The van der Waals surface area contributed by atoms with Gasteiger partial charge in [0.05, 0.1) is 6.54 Å². The van der Waals surface area contributed by atoms with Gasteiger partial charge in [-0.15, -0.1) is 0 Å². The molecule has 1 aliphatic rings. The van der Waals surface area contributed by atoms with Gasteiger partial charge in [-0.05, 0) is 35.4 Å². The lowest BCUT2D eigenvalue weighted by atomic mass is 10.1. The van der Waals surface area contributed by atoms with Gasteiger partial charge in [0.1, 0.15) is 12.7 Å². The van der Waals surface area contributed by atoms with Crippen molar-refractivity contribution in [2.45, 2.75) is 18.9 Å². The maximum atomic E-state index is 12.6. The van der Waals surface area contributed by atoms with E-state index in [1.165, 1.54) is 11.9 Å². The molecular weight excluding hydrogens is 312 g/mol. The summed E-state index contributed by atoms with van der Waals surface area (Å²) in [5.74, 6) is 1.09. The van der Waals surface area contributed by atoms with Crippen molar-refractivity contribution in [1.29, 1.82) is 0 Å². The third kappa shape index (κ3) is 3.60. The predicted molar refractivity (Wildman–Crippen MR) is 95.2 cm³/mol. The van der Waals surface area contributed by atoms with Crippen LogP contribution in [0.3, 0.4) is 0 Å². The summed E-state index contributed by atoms with van der Waals surface area (Å²) >= 11 is 0. The Morgan fingerprint density at radius 3 is 2.72 bits per heavy atom. The van der Waals surface area contributed by atoms with Gasteiger partial charge in [0.2, 0.25) is 0 Å². The van der Waals surface area contributed by atoms with E-state index >= 15 is 0 Å². The molecule has 0 bridgehead atoms. The van der Waals surface area contributed by atoms with E-state index in [1.54, 1.807) is 11.0 Å². The zero-order chi connectivity index (χ0) is 17.1. The van der Waals surface area contributed by atoms with Gasteiger partial charge in [-0.1, -0.05) is 48.5 Å². The monoisotopic (exact) mass is 332 g/mol. The van der Waals surface area contributed by atoms with E-state index in [9.17, 15) is 4.79 Å². The smallest absolute Gasteiger partial charge is 0.251 e. The summed E-state index contributed by atoms with van der Waals surface area (Å²) in [7, 11) is 0. The van der Waals surface area contributed by atoms with Crippen molar-refractivity contribution < 1.29 is 4.79 Å². The summed E-state index contributed by atoms with van der Waals surface area (Å²) in [4.78, 5) is 16.6. The van der Waals surface area contributed by atoms with Gasteiger partial charge in [0.25, 0.3) is 5.91 Å². The Morgan fingerprint density at radius 2 is 1.92 bits per heavy atom. The number of aromatic nitrogens is 3. The normalized spacial score (nSPS) is 18.7. The van der Waals surface area contributed by atoms with Crippen LogP contribution in [0.4, 0.5) is 0 Å². The van der Waals surface area contributed by atoms with E-state index in [0.717, 1.165) is 18.5 Å². The number of amides is 1. The molecule has 0 unspecified atom stereocenters. The Hall–Kier alpha value is -2.95. The second-order valence-electron chi connectivity index (χ2n) is 6.47. The average molecular weight is 332 g/mol. The number of nitrogens with one attached hydrogen (secondary N) is 1. The van der Waals surface area contributed by atoms with Crippen LogP contribution in [0, 0.1) is 5.92 Å². The minimum atomic E-state index is -0.0190. The molecule has 0 radical (unpaired) electrons. The molecule has 2 aromatic carbocycles. The highest BCUT2D eigenvalue weighted by Gasteiger charge is 2.38. The fraction of sp³-hybridized carbons (Fsp3) is 0.250. The molecule has 1 fully saturated rings. The number of carbonyl (C=O) groups excluding carboxylic acids is 1. The highest BCUT2D eigenvalue weighted by Crippen LogP contribution is 2.46. The molecule has 126 valence electrons. The molecule has 0 spiro atoms. The fourth-order valence-corrected chi connectivity index (χ4v) is 3.27. The molecule has 1 heterocycles. The first-order chi connectivity index (χ1) is 12.3. The second kappa shape index (κ2) is 6.89. The predicted octanol–water partition coefficient (Wildman–Crippen LogP) is 2.86. The molecule has 5 heteroatoms. The second-order valence-corrected chi connectivity index (χ2v) is 6.47. The number of hydrogen-bond donors (Lipinski definition) is 1. The van der Waals surface area contributed by atoms with Crippen LogP contribution in [-0.2, 0) is 6.54 Å². The number of rotatable bonds is 6. The highest BCUT2D eigenvalue weighted by molar-refractivity contribution is 5.95. The maximum absolute atomic E-state index is 12.6. The third-order valence-electron chi connectivity index (χ3n) is 4.74. The van der Waals surface area contributed by atoms with Gasteiger partial charge in [-0.25, -0.2) is 9.67 Å². The van der Waals surface area contributed by atoms with E-state index in [4.69, 9.17) is 0 Å². The van der Waals surface area contributed by atoms with E-state index in [-0.39, 0.29) is 5.91 Å². The van der Waals surface area contributed by atoms with Crippen LogP contribution in [0.2, 0.25) is 0 Å². The molecule has 3 aromatic rings. The molecule has 1 amide bonds. The Morgan fingerprint density at radius 1 is 1.12 bits per heavy atom. The van der Waals surface area contributed by atoms with Gasteiger partial charge >= 0.3 is 0 Å². The van der Waals surface area contributed by atoms with Gasteiger partial charge in [0.15, 0.2) is 0 Å². The number of nitrogens with zero attached hydrogens (tertiary/aromatic N) is 3. The summed E-state index contributed by atoms with van der Waals surface area (Å²) in [6, 6.07) is 18.2. The molecule has 25 heavy (non-hydrogen) atoms. The van der Waals surface area contributed by atoms with Gasteiger partial charge < -0.3 is 5.32 Å².